The summed E-state index contributed by atoms with van der Waals surface area (Å²) >= 11 is 0. The largest absolute Gasteiger partial charge is 0.478 e. The zero-order valence-corrected chi connectivity index (χ0v) is 32.5. The summed E-state index contributed by atoms with van der Waals surface area (Å²) in [6.07, 6.45) is 13.5. The lowest BCUT2D eigenvalue weighted by Gasteiger charge is -2.72. The van der Waals surface area contributed by atoms with E-state index in [0.29, 0.717) is 35.2 Å². The van der Waals surface area contributed by atoms with Crippen LogP contribution in [0.15, 0.2) is 42.5 Å². The van der Waals surface area contributed by atoms with Crippen LogP contribution in [0.1, 0.15) is 115 Å². The molecule has 0 heterocycles. The van der Waals surface area contributed by atoms with Crippen molar-refractivity contribution in [1.29, 1.82) is 0 Å². The van der Waals surface area contributed by atoms with E-state index in [-0.39, 0.29) is 46.3 Å². The SMILES string of the molecule is C=C(C)C1CCC2(NC(=O)NCCN(C)S(C)(=O)=O)CCC3(C)C(CCC4C5(C)CC=C(c6ccc(C(=O)O)cc6)C(C)(C)C5CCC43C)C12. The first-order chi connectivity index (χ1) is 23.2. The van der Waals surface area contributed by atoms with Gasteiger partial charge < -0.3 is 15.7 Å². The number of likely N-dealkylation sites (N-methyl/N-ethyl adjacent to an activating group) is 1. The van der Waals surface area contributed by atoms with Gasteiger partial charge in [0.2, 0.25) is 10.0 Å². The number of carboxylic acid groups (broad SMARTS) is 1. The van der Waals surface area contributed by atoms with Crippen molar-refractivity contribution in [2.75, 3.05) is 26.4 Å². The van der Waals surface area contributed by atoms with Crippen LogP contribution in [0.25, 0.3) is 5.57 Å². The molecule has 50 heavy (non-hydrogen) atoms. The molecular formula is C41H61N3O5S. The van der Waals surface area contributed by atoms with Crippen LogP contribution in [0.3, 0.4) is 0 Å². The highest BCUT2D eigenvalue weighted by Crippen LogP contribution is 2.76. The predicted molar refractivity (Wildman–Crippen MR) is 200 cm³/mol. The number of urea groups is 1. The number of fused-ring (bicyclic) bond motifs is 7. The van der Waals surface area contributed by atoms with Crippen LogP contribution in [0.2, 0.25) is 0 Å². The minimum Gasteiger partial charge on any atom is -0.478 e. The smallest absolute Gasteiger partial charge is 0.335 e. The maximum Gasteiger partial charge on any atom is 0.335 e. The molecule has 9 atom stereocenters. The molecule has 0 spiro atoms. The molecule has 276 valence electrons. The number of carbonyl (C=O) groups is 2. The van der Waals surface area contributed by atoms with E-state index in [1.165, 1.54) is 48.0 Å². The predicted octanol–water partition coefficient (Wildman–Crippen LogP) is 7.98. The zero-order chi connectivity index (χ0) is 36.7. The Balaban J connectivity index is 1.27. The lowest BCUT2D eigenvalue weighted by Crippen LogP contribution is -2.68. The quantitative estimate of drug-likeness (QED) is 0.237. The highest BCUT2D eigenvalue weighted by atomic mass is 32.2. The van der Waals surface area contributed by atoms with Crippen LogP contribution in [-0.4, -0.2) is 61.8 Å². The molecule has 5 aliphatic carbocycles. The van der Waals surface area contributed by atoms with Crippen LogP contribution in [0, 0.1) is 51.2 Å². The van der Waals surface area contributed by atoms with E-state index in [2.05, 4.69) is 64.8 Å². The molecule has 9 unspecified atom stereocenters. The van der Waals surface area contributed by atoms with Crippen molar-refractivity contribution in [1.82, 2.24) is 14.9 Å². The van der Waals surface area contributed by atoms with Gasteiger partial charge >= 0.3 is 12.0 Å². The number of hydrogen-bond donors (Lipinski definition) is 3. The first kappa shape index (κ1) is 37.1. The van der Waals surface area contributed by atoms with Gasteiger partial charge in [-0.3, -0.25) is 0 Å². The number of aromatic carboxylic acids is 1. The van der Waals surface area contributed by atoms with Gasteiger partial charge in [0.15, 0.2) is 0 Å². The minimum atomic E-state index is -3.30. The standard InChI is InChI=1S/C41H61N3O5S/c1-26(2)29-16-21-41(43-36(47)42-24-25-44(8)50(9,48)49)23-22-39(6)31(34(29)41)14-15-33-38(5)19-17-30(27-10-12-28(13-11-27)35(45)46)37(3,4)32(38)18-20-40(33,39)7/h10-13,17,29,31-34H,1,14-16,18-25H2,2-9H3,(H,45,46)(H2,42,43,47). The number of nitrogens with one attached hydrogen (secondary N) is 2. The molecule has 0 aromatic heterocycles. The second-order valence-electron chi connectivity index (χ2n) is 18.2. The first-order valence-electron chi connectivity index (χ1n) is 18.9. The number of amides is 2. The van der Waals surface area contributed by atoms with E-state index >= 15 is 0 Å². The summed E-state index contributed by atoms with van der Waals surface area (Å²) in [7, 11) is -1.77. The maximum absolute atomic E-state index is 13.5. The molecule has 8 nitrogen and oxygen atoms in total. The minimum absolute atomic E-state index is 0.0392. The molecule has 9 heteroatoms. The van der Waals surface area contributed by atoms with Crippen LogP contribution < -0.4 is 10.6 Å². The third-order valence-corrected chi connectivity index (χ3v) is 17.0. The third kappa shape index (κ3) is 5.68. The Hall–Kier alpha value is -2.65. The Labute approximate surface area is 301 Å². The number of nitrogens with zero attached hydrogens (tertiary/aromatic N) is 1. The van der Waals surface area contributed by atoms with Crippen molar-refractivity contribution in [3.63, 3.8) is 0 Å². The maximum atomic E-state index is 13.5. The normalized spacial score (nSPS) is 38.9. The van der Waals surface area contributed by atoms with Gasteiger partial charge in [0.05, 0.1) is 11.8 Å². The summed E-state index contributed by atoms with van der Waals surface area (Å²) < 4.78 is 25.0. The molecule has 5 aliphatic rings. The topological polar surface area (TPSA) is 116 Å². The number of allylic oxidation sites excluding steroid dienone is 3. The van der Waals surface area contributed by atoms with E-state index in [1.807, 2.05) is 12.1 Å². The van der Waals surface area contributed by atoms with Gasteiger partial charge in [0.25, 0.3) is 0 Å². The molecule has 6 rings (SSSR count). The van der Waals surface area contributed by atoms with Gasteiger partial charge in [-0.25, -0.2) is 22.3 Å². The zero-order valence-electron chi connectivity index (χ0n) is 31.7. The number of hydrogen-bond acceptors (Lipinski definition) is 4. The fourth-order valence-corrected chi connectivity index (χ4v) is 13.4. The van der Waals surface area contributed by atoms with Crippen molar-refractivity contribution >= 4 is 27.6 Å². The van der Waals surface area contributed by atoms with Crippen molar-refractivity contribution in [2.24, 2.45) is 51.2 Å². The Morgan fingerprint density at radius 3 is 2.24 bits per heavy atom. The molecule has 1 aromatic rings. The van der Waals surface area contributed by atoms with Crippen LogP contribution >= 0.6 is 0 Å². The van der Waals surface area contributed by atoms with E-state index in [9.17, 15) is 23.1 Å². The van der Waals surface area contributed by atoms with Crippen molar-refractivity contribution in [3.8, 4) is 0 Å². The summed E-state index contributed by atoms with van der Waals surface area (Å²) in [6.45, 7) is 19.8. The summed E-state index contributed by atoms with van der Waals surface area (Å²) in [5.74, 6) is 1.40. The van der Waals surface area contributed by atoms with Crippen molar-refractivity contribution < 1.29 is 23.1 Å². The fourth-order valence-electron chi connectivity index (χ4n) is 13.0. The second-order valence-corrected chi connectivity index (χ2v) is 20.3. The Morgan fingerprint density at radius 1 is 0.940 bits per heavy atom. The number of rotatable bonds is 8. The molecular weight excluding hydrogens is 647 g/mol. The van der Waals surface area contributed by atoms with E-state index in [4.69, 9.17) is 0 Å². The highest BCUT2D eigenvalue weighted by Gasteiger charge is 2.70. The number of carboxylic acids is 1. The molecule has 0 saturated heterocycles. The fraction of sp³-hybridized carbons (Fsp3) is 0.707. The summed E-state index contributed by atoms with van der Waals surface area (Å²) in [4.78, 5) is 25.0. The Morgan fingerprint density at radius 2 is 1.62 bits per heavy atom. The van der Waals surface area contributed by atoms with Gasteiger partial charge in [-0.05, 0) is 139 Å². The second kappa shape index (κ2) is 12.5. The van der Waals surface area contributed by atoms with Gasteiger partial charge in [-0.2, -0.15) is 0 Å². The molecule has 0 aliphatic heterocycles. The molecule has 0 radical (unpaired) electrons. The van der Waals surface area contributed by atoms with Gasteiger partial charge in [-0.1, -0.05) is 65.0 Å². The molecule has 2 amide bonds. The van der Waals surface area contributed by atoms with E-state index in [1.54, 1.807) is 12.1 Å². The van der Waals surface area contributed by atoms with Crippen LogP contribution in [0.5, 0.6) is 0 Å². The van der Waals surface area contributed by atoms with Gasteiger partial charge in [0.1, 0.15) is 0 Å². The number of sulfonamides is 1. The van der Waals surface area contributed by atoms with Gasteiger partial charge in [-0.15, -0.1) is 0 Å². The monoisotopic (exact) mass is 707 g/mol. The van der Waals surface area contributed by atoms with Crippen molar-refractivity contribution in [2.45, 2.75) is 105 Å². The van der Waals surface area contributed by atoms with E-state index in [0.717, 1.165) is 44.1 Å². The summed E-state index contributed by atoms with van der Waals surface area (Å²) in [5, 5.41) is 16.0. The first-order valence-corrected chi connectivity index (χ1v) is 20.7. The molecule has 3 N–H and O–H groups in total. The van der Waals surface area contributed by atoms with Crippen LogP contribution in [0.4, 0.5) is 4.79 Å². The van der Waals surface area contributed by atoms with Crippen LogP contribution in [-0.2, 0) is 10.0 Å². The van der Waals surface area contributed by atoms with E-state index < -0.39 is 16.0 Å². The Bertz CT molecular complexity index is 1690. The average Bonchev–Trinajstić information content (AvgIpc) is 3.40. The molecule has 4 fully saturated rings. The lowest BCUT2D eigenvalue weighted by atomic mass is 9.33. The third-order valence-electron chi connectivity index (χ3n) is 15.7. The molecule has 0 bridgehead atoms. The number of benzene rings is 1. The molecule has 4 saturated carbocycles. The number of carbonyl (C=O) groups excluding carboxylic acids is 1. The van der Waals surface area contributed by atoms with Crippen molar-refractivity contribution in [3.05, 3.63) is 53.6 Å². The van der Waals surface area contributed by atoms with Gasteiger partial charge in [0, 0.05) is 25.7 Å². The lowest BCUT2D eigenvalue weighted by molar-refractivity contribution is -0.218. The summed E-state index contributed by atoms with van der Waals surface area (Å²) in [5.41, 5.74) is 4.17. The highest BCUT2D eigenvalue weighted by molar-refractivity contribution is 7.88. The Kier molecular flexibility index (Phi) is 9.27. The molecule has 1 aromatic carbocycles. The summed E-state index contributed by atoms with van der Waals surface area (Å²) in [6, 6.07) is 7.27. The average molecular weight is 708 g/mol.